The summed E-state index contributed by atoms with van der Waals surface area (Å²) in [6.07, 6.45) is 7.09. The van der Waals surface area contributed by atoms with Crippen LogP contribution in [0.25, 0.3) is 0 Å². The van der Waals surface area contributed by atoms with Gasteiger partial charge in [0.15, 0.2) is 5.78 Å². The van der Waals surface area contributed by atoms with E-state index in [0.29, 0.717) is 55.9 Å². The van der Waals surface area contributed by atoms with Crippen LogP contribution in [0.4, 0.5) is 0 Å². The maximum atomic E-state index is 14.1. The van der Waals surface area contributed by atoms with Gasteiger partial charge in [-0.2, -0.15) is 0 Å². The van der Waals surface area contributed by atoms with Gasteiger partial charge < -0.3 is 19.7 Å². The van der Waals surface area contributed by atoms with E-state index in [9.17, 15) is 15.0 Å². The Kier molecular flexibility index (Phi) is 8.81. The number of rotatable bonds is 5. The number of ketones is 1. The van der Waals surface area contributed by atoms with E-state index in [1.54, 1.807) is 7.11 Å². The second-order valence-electron chi connectivity index (χ2n) is 12.4. The molecule has 6 rings (SSSR count). The topological polar surface area (TPSA) is 79.2 Å². The van der Waals surface area contributed by atoms with Gasteiger partial charge in [-0.05, 0) is 99.2 Å². The van der Waals surface area contributed by atoms with Crippen LogP contribution in [-0.4, -0.2) is 72.6 Å². The molecule has 0 radical (unpaired) electrons. The molecule has 2 aromatic carbocycles. The number of allylic oxidation sites excluding steroid dienone is 2. The van der Waals surface area contributed by atoms with Gasteiger partial charge in [-0.25, -0.2) is 0 Å². The van der Waals surface area contributed by atoms with Gasteiger partial charge in [-0.15, -0.1) is 0 Å². The van der Waals surface area contributed by atoms with E-state index in [-0.39, 0.29) is 11.7 Å². The van der Waals surface area contributed by atoms with E-state index in [0.717, 1.165) is 49.9 Å². The minimum absolute atomic E-state index is 0.0252. The number of nitrogens with zero attached hydrogens (tertiary/aromatic N) is 1. The highest BCUT2D eigenvalue weighted by molar-refractivity contribution is 6.10. The average Bonchev–Trinajstić information content (AvgIpc) is 3.21. The fourth-order valence-corrected chi connectivity index (χ4v) is 7.22. The molecule has 3 aliphatic carbocycles. The molecule has 0 amide bonds. The van der Waals surface area contributed by atoms with Crippen molar-refractivity contribution in [2.45, 2.75) is 76.4 Å². The summed E-state index contributed by atoms with van der Waals surface area (Å²) in [5, 5.41) is 23.2. The summed E-state index contributed by atoms with van der Waals surface area (Å²) in [6.45, 7) is 8.09. The number of benzene rings is 2. The molecular formula is C34H45NO5. The van der Waals surface area contributed by atoms with Crippen molar-refractivity contribution in [3.63, 3.8) is 0 Å². The van der Waals surface area contributed by atoms with Crippen LogP contribution in [0.15, 0.2) is 54.1 Å². The maximum absolute atomic E-state index is 14.1. The minimum atomic E-state index is -0.872. The molecule has 6 heteroatoms. The Hall–Kier alpha value is -2.51. The van der Waals surface area contributed by atoms with Crippen LogP contribution in [0.1, 0.15) is 85.3 Å². The summed E-state index contributed by atoms with van der Waals surface area (Å²) in [5.74, 6) is 0.720. The number of morpholine rings is 1. The van der Waals surface area contributed by atoms with Gasteiger partial charge in [-0.3, -0.25) is 9.69 Å². The van der Waals surface area contributed by atoms with Gasteiger partial charge in [0.05, 0.1) is 32.0 Å². The largest absolute Gasteiger partial charge is 0.497 e. The van der Waals surface area contributed by atoms with E-state index < -0.39 is 17.1 Å². The van der Waals surface area contributed by atoms with Crippen molar-refractivity contribution in [3.05, 3.63) is 76.4 Å². The second-order valence-corrected chi connectivity index (χ2v) is 12.4. The lowest BCUT2D eigenvalue weighted by atomic mass is 9.64. The van der Waals surface area contributed by atoms with Crippen molar-refractivity contribution in [2.75, 3.05) is 40.0 Å². The Morgan fingerprint density at radius 1 is 1.10 bits per heavy atom. The molecule has 6 nitrogen and oxygen atoms in total. The lowest BCUT2D eigenvalue weighted by Crippen LogP contribution is -2.54. The number of aliphatic hydroxyl groups excluding tert-OH is 1. The number of hydrogen-bond acceptors (Lipinski definition) is 6. The van der Waals surface area contributed by atoms with E-state index in [1.807, 2.05) is 30.3 Å². The third-order valence-corrected chi connectivity index (χ3v) is 9.86. The van der Waals surface area contributed by atoms with Gasteiger partial charge >= 0.3 is 0 Å². The first-order chi connectivity index (χ1) is 19.2. The minimum Gasteiger partial charge on any atom is -0.497 e. The Balaban J connectivity index is 1.58. The lowest BCUT2D eigenvalue weighted by molar-refractivity contribution is -0.0959. The van der Waals surface area contributed by atoms with Crippen molar-refractivity contribution < 1.29 is 24.5 Å². The Bertz CT molecular complexity index is 1220. The standard InChI is InChI=1S/C34H45NO5/c1-24-5-4-15-33(2)31(14-16-34(33,38)23-35-17-19-40-20-18-35)29-13-7-25(21-27(36)10-6-24)22-30(29)32(37)26-8-11-28(39-3)12-9-26/h5,7-9,11-13,22,27,31,36,38H,4,6,10,14-21,23H2,1-3H3/t27-,31-,33-,34+/m0/s1. The number of methoxy groups -OCH3 is 1. The number of fused-ring (bicyclic) bond motifs is 8. The van der Waals surface area contributed by atoms with Crippen LogP contribution in [0.2, 0.25) is 0 Å². The van der Waals surface area contributed by atoms with E-state index in [4.69, 9.17) is 9.47 Å². The molecule has 4 atom stereocenters. The lowest BCUT2D eigenvalue weighted by Gasteiger charge is -2.46. The Labute approximate surface area is 239 Å². The zero-order chi connectivity index (χ0) is 28.3. The van der Waals surface area contributed by atoms with Crippen LogP contribution in [-0.2, 0) is 11.2 Å². The summed E-state index contributed by atoms with van der Waals surface area (Å²) < 4.78 is 10.9. The van der Waals surface area contributed by atoms with Gasteiger partial charge in [-0.1, -0.05) is 30.7 Å². The maximum Gasteiger partial charge on any atom is 0.193 e. The summed E-state index contributed by atoms with van der Waals surface area (Å²) in [4.78, 5) is 16.4. The summed E-state index contributed by atoms with van der Waals surface area (Å²) in [6, 6.07) is 13.5. The molecule has 1 heterocycles. The SMILES string of the molecule is COc1ccc(C(=O)c2cc3ccc2[C@@H]2CC[C@@](O)(CN4CCOCC4)[C@@]2(C)CCC=C(C)CC[C@H](O)C3)cc1. The van der Waals surface area contributed by atoms with E-state index >= 15 is 0 Å². The first kappa shape index (κ1) is 29.0. The van der Waals surface area contributed by atoms with E-state index in [2.05, 4.69) is 37.0 Å². The number of ether oxygens (including phenoxy) is 2. The van der Waals surface area contributed by atoms with Crippen molar-refractivity contribution in [3.8, 4) is 5.75 Å². The zero-order valence-electron chi connectivity index (χ0n) is 24.3. The van der Waals surface area contributed by atoms with Crippen LogP contribution in [0.3, 0.4) is 0 Å². The second kappa shape index (κ2) is 12.2. The smallest absolute Gasteiger partial charge is 0.193 e. The average molecular weight is 548 g/mol. The quantitative estimate of drug-likeness (QED) is 0.391. The fraction of sp³-hybridized carbons (Fsp3) is 0.559. The number of carbonyl (C=O) groups excluding carboxylic acids is 1. The molecule has 2 fully saturated rings. The zero-order valence-corrected chi connectivity index (χ0v) is 24.3. The number of carbonyl (C=O) groups is 1. The van der Waals surface area contributed by atoms with E-state index in [1.165, 1.54) is 5.57 Å². The van der Waals surface area contributed by atoms with Crippen LogP contribution < -0.4 is 4.74 Å². The Morgan fingerprint density at radius 2 is 1.85 bits per heavy atom. The van der Waals surface area contributed by atoms with Crippen molar-refractivity contribution in [1.29, 1.82) is 0 Å². The van der Waals surface area contributed by atoms with Crippen molar-refractivity contribution >= 4 is 5.78 Å². The van der Waals surface area contributed by atoms with Gasteiger partial charge in [0.25, 0.3) is 0 Å². The molecule has 40 heavy (non-hydrogen) atoms. The summed E-state index contributed by atoms with van der Waals surface area (Å²) in [5.41, 5.74) is 3.28. The predicted molar refractivity (Wildman–Crippen MR) is 157 cm³/mol. The van der Waals surface area contributed by atoms with Crippen LogP contribution >= 0.6 is 0 Å². The third-order valence-electron chi connectivity index (χ3n) is 9.86. The molecule has 0 unspecified atom stereocenters. The number of aliphatic hydroxyl groups is 2. The molecule has 216 valence electrons. The first-order valence-electron chi connectivity index (χ1n) is 14.9. The Morgan fingerprint density at radius 3 is 2.58 bits per heavy atom. The highest BCUT2D eigenvalue weighted by atomic mass is 16.5. The number of β-amino-alcohol motifs (C(OH)–C–C–N with tert-alkyl or cyclic N) is 1. The highest BCUT2D eigenvalue weighted by Gasteiger charge is 2.57. The molecule has 0 aromatic heterocycles. The molecule has 4 aliphatic rings. The molecule has 1 saturated heterocycles. The summed E-state index contributed by atoms with van der Waals surface area (Å²) >= 11 is 0. The molecular weight excluding hydrogens is 502 g/mol. The summed E-state index contributed by atoms with van der Waals surface area (Å²) in [7, 11) is 1.62. The molecule has 2 N–H and O–H groups in total. The fourth-order valence-electron chi connectivity index (χ4n) is 7.22. The van der Waals surface area contributed by atoms with Crippen molar-refractivity contribution in [1.82, 2.24) is 4.90 Å². The third kappa shape index (κ3) is 5.91. The van der Waals surface area contributed by atoms with Crippen molar-refractivity contribution in [2.24, 2.45) is 5.41 Å². The van der Waals surface area contributed by atoms with Crippen LogP contribution in [0, 0.1) is 5.41 Å². The molecule has 0 spiro atoms. The van der Waals surface area contributed by atoms with Gasteiger partial charge in [0.1, 0.15) is 5.75 Å². The normalized spacial score (nSPS) is 29.9. The molecule has 2 aromatic rings. The highest BCUT2D eigenvalue weighted by Crippen LogP contribution is 2.58. The van der Waals surface area contributed by atoms with Gasteiger partial charge in [0.2, 0.25) is 0 Å². The number of hydrogen-bond donors (Lipinski definition) is 2. The predicted octanol–water partition coefficient (Wildman–Crippen LogP) is 5.30. The molecule has 1 saturated carbocycles. The van der Waals surface area contributed by atoms with Crippen LogP contribution in [0.5, 0.6) is 5.75 Å². The van der Waals surface area contributed by atoms with Gasteiger partial charge in [0, 0.05) is 36.2 Å². The molecule has 2 bridgehead atoms. The first-order valence-corrected chi connectivity index (χ1v) is 14.9. The molecule has 1 aliphatic heterocycles. The monoisotopic (exact) mass is 547 g/mol.